The predicted octanol–water partition coefficient (Wildman–Crippen LogP) is 3.67. The number of nitro groups is 1. The number of anilines is 1. The molecule has 1 aromatic heterocycles. The minimum Gasteiger partial charge on any atom is -0.317 e. The van der Waals surface area contributed by atoms with Gasteiger partial charge in [-0.25, -0.2) is 9.69 Å². The molecule has 0 bridgehead atoms. The number of amides is 4. The van der Waals surface area contributed by atoms with Crippen LogP contribution in [0, 0.1) is 24.0 Å². The summed E-state index contributed by atoms with van der Waals surface area (Å²) in [7, 11) is 0. The minimum atomic E-state index is -0.812. The normalized spacial score (nSPS) is 15.2. The number of rotatable bonds is 4. The lowest BCUT2D eigenvalue weighted by atomic mass is 10.1. The molecule has 9 nitrogen and oxygen atoms in total. The van der Waals surface area contributed by atoms with Gasteiger partial charge in [-0.3, -0.25) is 25.0 Å². The number of hydrogen-bond donors (Lipinski definition) is 1. The Morgan fingerprint density at radius 3 is 2.22 bits per heavy atom. The summed E-state index contributed by atoms with van der Waals surface area (Å²) in [6.45, 7) is 3.70. The van der Waals surface area contributed by atoms with E-state index in [1.54, 1.807) is 47.2 Å². The summed E-state index contributed by atoms with van der Waals surface area (Å²) < 4.78 is 1.68. The quantitative estimate of drug-likeness (QED) is 0.294. The summed E-state index contributed by atoms with van der Waals surface area (Å²) in [5.74, 6) is -1.53. The lowest BCUT2D eigenvalue weighted by Gasteiger charge is -2.27. The molecule has 0 atom stereocenters. The highest BCUT2D eigenvalue weighted by molar-refractivity contribution is 6.39. The van der Waals surface area contributed by atoms with Gasteiger partial charge < -0.3 is 4.57 Å². The monoisotopic (exact) mass is 430 g/mol. The maximum Gasteiger partial charge on any atom is 0.335 e. The molecule has 1 aliphatic heterocycles. The van der Waals surface area contributed by atoms with Crippen LogP contribution in [0.2, 0.25) is 0 Å². The van der Waals surface area contributed by atoms with Gasteiger partial charge in [-0.1, -0.05) is 6.07 Å². The first kappa shape index (κ1) is 20.7. The van der Waals surface area contributed by atoms with Gasteiger partial charge in [0, 0.05) is 29.7 Å². The Labute approximate surface area is 182 Å². The molecule has 0 unspecified atom stereocenters. The average molecular weight is 430 g/mol. The summed E-state index contributed by atoms with van der Waals surface area (Å²) in [5, 5.41) is 13.1. The standard InChI is InChI=1S/C23H18N4O5/c1-14-10-15(2)12-19(11-14)26-22(29)20(21(28)24-23(26)30)13-18-4-3-9-25(18)16-5-7-17(8-6-16)27(31)32/h3-13H,1-2H3,(H,24,28,30)/b20-13+. The Morgan fingerprint density at radius 2 is 1.59 bits per heavy atom. The molecule has 3 aromatic rings. The third-order valence-electron chi connectivity index (χ3n) is 4.98. The molecule has 1 saturated heterocycles. The molecule has 2 heterocycles. The lowest BCUT2D eigenvalue weighted by Crippen LogP contribution is -2.54. The van der Waals surface area contributed by atoms with Crippen molar-refractivity contribution in [3.05, 3.63) is 93.3 Å². The number of hydrogen-bond acceptors (Lipinski definition) is 5. The number of nitrogens with zero attached hydrogens (tertiary/aromatic N) is 3. The molecule has 1 aliphatic rings. The molecule has 9 heteroatoms. The molecule has 0 spiro atoms. The Bertz CT molecular complexity index is 1280. The molecule has 2 aromatic carbocycles. The van der Waals surface area contributed by atoms with E-state index >= 15 is 0 Å². The van der Waals surface area contributed by atoms with E-state index < -0.39 is 22.8 Å². The number of imide groups is 2. The Kier molecular flexibility index (Phi) is 5.15. The molecule has 160 valence electrons. The number of non-ortho nitro benzene ring substituents is 1. The second-order valence-electron chi connectivity index (χ2n) is 7.38. The molecule has 1 fully saturated rings. The van der Waals surface area contributed by atoms with Gasteiger partial charge in [-0.15, -0.1) is 0 Å². The van der Waals surface area contributed by atoms with Gasteiger partial charge in [0.05, 0.1) is 10.6 Å². The third-order valence-corrected chi connectivity index (χ3v) is 4.98. The SMILES string of the molecule is Cc1cc(C)cc(N2C(=O)NC(=O)/C(=C\c3cccn3-c3ccc([N+](=O)[O-])cc3)C2=O)c1. The number of aromatic nitrogens is 1. The number of carbonyl (C=O) groups is 3. The first-order valence-corrected chi connectivity index (χ1v) is 9.66. The number of nitro benzene ring substituents is 1. The van der Waals surface area contributed by atoms with Crippen molar-refractivity contribution in [1.29, 1.82) is 0 Å². The summed E-state index contributed by atoms with van der Waals surface area (Å²) in [4.78, 5) is 49.4. The Morgan fingerprint density at radius 1 is 0.938 bits per heavy atom. The van der Waals surface area contributed by atoms with E-state index in [4.69, 9.17) is 0 Å². The van der Waals surface area contributed by atoms with Gasteiger partial charge in [0.1, 0.15) is 5.57 Å². The average Bonchev–Trinajstić information content (AvgIpc) is 3.18. The molecule has 4 rings (SSSR count). The van der Waals surface area contributed by atoms with Crippen LogP contribution >= 0.6 is 0 Å². The highest BCUT2D eigenvalue weighted by atomic mass is 16.6. The summed E-state index contributed by atoms with van der Waals surface area (Å²) in [6.07, 6.45) is 3.09. The van der Waals surface area contributed by atoms with Crippen molar-refractivity contribution < 1.29 is 19.3 Å². The van der Waals surface area contributed by atoms with Crippen molar-refractivity contribution in [2.24, 2.45) is 0 Å². The first-order chi connectivity index (χ1) is 15.2. The van der Waals surface area contributed by atoms with Crippen LogP contribution < -0.4 is 10.2 Å². The predicted molar refractivity (Wildman–Crippen MR) is 117 cm³/mol. The van der Waals surface area contributed by atoms with Crippen molar-refractivity contribution in [1.82, 2.24) is 9.88 Å². The molecule has 0 saturated carbocycles. The van der Waals surface area contributed by atoms with Gasteiger partial charge in [0.25, 0.3) is 17.5 Å². The van der Waals surface area contributed by atoms with Crippen molar-refractivity contribution in [2.75, 3.05) is 4.90 Å². The highest BCUT2D eigenvalue weighted by Gasteiger charge is 2.37. The van der Waals surface area contributed by atoms with E-state index in [9.17, 15) is 24.5 Å². The van der Waals surface area contributed by atoms with Crippen LogP contribution in [0.25, 0.3) is 11.8 Å². The largest absolute Gasteiger partial charge is 0.335 e. The number of carbonyl (C=O) groups excluding carboxylic acids is 3. The fourth-order valence-electron chi connectivity index (χ4n) is 3.60. The zero-order chi connectivity index (χ0) is 23.0. The van der Waals surface area contributed by atoms with Gasteiger partial charge in [0.2, 0.25) is 0 Å². The van der Waals surface area contributed by atoms with Crippen LogP contribution in [0.4, 0.5) is 16.2 Å². The molecular weight excluding hydrogens is 412 g/mol. The molecular formula is C23H18N4O5. The maximum atomic E-state index is 13.2. The van der Waals surface area contributed by atoms with Crippen LogP contribution in [0.15, 0.2) is 66.4 Å². The highest BCUT2D eigenvalue weighted by Crippen LogP contribution is 2.25. The van der Waals surface area contributed by atoms with Gasteiger partial charge >= 0.3 is 6.03 Å². The molecule has 0 aliphatic carbocycles. The second-order valence-corrected chi connectivity index (χ2v) is 7.38. The lowest BCUT2D eigenvalue weighted by molar-refractivity contribution is -0.384. The smallest absolute Gasteiger partial charge is 0.317 e. The number of benzene rings is 2. The fraction of sp³-hybridized carbons (Fsp3) is 0.0870. The topological polar surface area (TPSA) is 115 Å². The summed E-state index contributed by atoms with van der Waals surface area (Å²) in [5.41, 5.74) is 2.96. The summed E-state index contributed by atoms with van der Waals surface area (Å²) >= 11 is 0. The number of nitrogens with one attached hydrogen (secondary N) is 1. The van der Waals surface area contributed by atoms with Crippen LogP contribution in [0.1, 0.15) is 16.8 Å². The van der Waals surface area contributed by atoms with Crippen molar-refractivity contribution >= 4 is 35.3 Å². The van der Waals surface area contributed by atoms with E-state index in [1.165, 1.54) is 18.2 Å². The third kappa shape index (κ3) is 3.79. The Balaban J connectivity index is 1.73. The fourth-order valence-corrected chi connectivity index (χ4v) is 3.60. The van der Waals surface area contributed by atoms with E-state index in [0.717, 1.165) is 16.0 Å². The molecule has 0 radical (unpaired) electrons. The number of urea groups is 1. The number of aryl methyl sites for hydroxylation is 2. The molecule has 4 amide bonds. The minimum absolute atomic E-state index is 0.0507. The van der Waals surface area contributed by atoms with E-state index in [1.807, 2.05) is 19.9 Å². The number of barbiturate groups is 1. The van der Waals surface area contributed by atoms with Crippen LogP contribution in [0.3, 0.4) is 0 Å². The van der Waals surface area contributed by atoms with Gasteiger partial charge in [-0.2, -0.15) is 0 Å². The van der Waals surface area contributed by atoms with Crippen LogP contribution in [-0.4, -0.2) is 27.3 Å². The van der Waals surface area contributed by atoms with Crippen molar-refractivity contribution in [3.63, 3.8) is 0 Å². The van der Waals surface area contributed by atoms with Crippen LogP contribution in [-0.2, 0) is 9.59 Å². The Hall–Kier alpha value is -4.53. The van der Waals surface area contributed by atoms with Gasteiger partial charge in [-0.05, 0) is 67.4 Å². The second kappa shape index (κ2) is 7.95. The van der Waals surface area contributed by atoms with Crippen LogP contribution in [0.5, 0.6) is 0 Å². The zero-order valence-electron chi connectivity index (χ0n) is 17.2. The maximum absolute atomic E-state index is 13.2. The summed E-state index contributed by atoms with van der Waals surface area (Å²) in [6, 6.07) is 13.7. The van der Waals surface area contributed by atoms with E-state index in [2.05, 4.69) is 5.32 Å². The van der Waals surface area contributed by atoms with E-state index in [0.29, 0.717) is 17.1 Å². The molecule has 1 N–H and O–H groups in total. The van der Waals surface area contributed by atoms with Crippen molar-refractivity contribution in [2.45, 2.75) is 13.8 Å². The van der Waals surface area contributed by atoms with Crippen molar-refractivity contribution in [3.8, 4) is 5.69 Å². The van der Waals surface area contributed by atoms with E-state index in [-0.39, 0.29) is 11.3 Å². The molecule has 32 heavy (non-hydrogen) atoms. The zero-order valence-corrected chi connectivity index (χ0v) is 17.2. The van der Waals surface area contributed by atoms with Gasteiger partial charge in [0.15, 0.2) is 0 Å². The first-order valence-electron chi connectivity index (χ1n) is 9.66.